The van der Waals surface area contributed by atoms with Crippen molar-refractivity contribution in [2.45, 2.75) is 24.6 Å². The molecule has 1 aliphatic rings. The SMILES string of the molecule is Cl.O[C@@]1(C(F)(F)F)CCCNC1. The van der Waals surface area contributed by atoms with Crippen molar-refractivity contribution in [2.75, 3.05) is 13.1 Å². The average molecular weight is 206 g/mol. The fourth-order valence-electron chi connectivity index (χ4n) is 1.13. The van der Waals surface area contributed by atoms with Crippen molar-refractivity contribution in [2.24, 2.45) is 0 Å². The first-order valence-electron chi connectivity index (χ1n) is 3.45. The van der Waals surface area contributed by atoms with Gasteiger partial charge in [0.05, 0.1) is 0 Å². The molecule has 1 saturated heterocycles. The maximum atomic E-state index is 12.0. The molecule has 0 aliphatic carbocycles. The van der Waals surface area contributed by atoms with Crippen molar-refractivity contribution < 1.29 is 18.3 Å². The van der Waals surface area contributed by atoms with E-state index in [9.17, 15) is 13.2 Å². The third-order valence-electron chi connectivity index (χ3n) is 1.89. The first-order chi connectivity index (χ1) is 4.96. The van der Waals surface area contributed by atoms with Crippen molar-refractivity contribution >= 4 is 12.4 Å². The Hall–Kier alpha value is -0.0000000000000000486. The summed E-state index contributed by atoms with van der Waals surface area (Å²) in [6.45, 7) is 0.175. The highest BCUT2D eigenvalue weighted by atomic mass is 35.5. The van der Waals surface area contributed by atoms with Gasteiger partial charge in [-0.25, -0.2) is 0 Å². The predicted molar refractivity (Wildman–Crippen MR) is 40.4 cm³/mol. The molecule has 74 valence electrons. The van der Waals surface area contributed by atoms with Gasteiger partial charge in [-0.15, -0.1) is 12.4 Å². The van der Waals surface area contributed by atoms with Crippen LogP contribution in [0.15, 0.2) is 0 Å². The van der Waals surface area contributed by atoms with E-state index >= 15 is 0 Å². The van der Waals surface area contributed by atoms with Gasteiger partial charge in [-0.05, 0) is 19.4 Å². The summed E-state index contributed by atoms with van der Waals surface area (Å²) >= 11 is 0. The van der Waals surface area contributed by atoms with Crippen LogP contribution in [-0.2, 0) is 0 Å². The molecule has 0 saturated carbocycles. The highest BCUT2D eigenvalue weighted by molar-refractivity contribution is 5.85. The van der Waals surface area contributed by atoms with Crippen molar-refractivity contribution in [1.82, 2.24) is 5.32 Å². The van der Waals surface area contributed by atoms with Gasteiger partial charge in [0.1, 0.15) is 0 Å². The molecular formula is C6H11ClF3NO. The summed E-state index contributed by atoms with van der Waals surface area (Å²) in [4.78, 5) is 0. The molecule has 1 heterocycles. The van der Waals surface area contributed by atoms with Crippen LogP contribution in [0.2, 0.25) is 0 Å². The lowest BCUT2D eigenvalue weighted by atomic mass is 9.94. The van der Waals surface area contributed by atoms with Crippen LogP contribution in [0.25, 0.3) is 0 Å². The number of alkyl halides is 3. The van der Waals surface area contributed by atoms with Crippen LogP contribution in [0.4, 0.5) is 13.2 Å². The number of β-amino-alcohol motifs (C(OH)–C–C–N with tert-alkyl or cyclic N) is 1. The molecule has 0 aromatic carbocycles. The number of halogens is 4. The standard InChI is InChI=1S/C6H10F3NO.ClH/c7-6(8,9)5(11)2-1-3-10-4-5;/h10-11H,1-4H2;1H/t5-;/m0./s1. The topological polar surface area (TPSA) is 32.3 Å². The summed E-state index contributed by atoms with van der Waals surface area (Å²) in [5.74, 6) is 0. The van der Waals surface area contributed by atoms with E-state index in [0.29, 0.717) is 13.0 Å². The highest BCUT2D eigenvalue weighted by Gasteiger charge is 2.53. The van der Waals surface area contributed by atoms with Gasteiger partial charge in [0, 0.05) is 6.54 Å². The molecule has 0 radical (unpaired) electrons. The second-order valence-electron chi connectivity index (χ2n) is 2.81. The molecule has 0 amide bonds. The molecule has 12 heavy (non-hydrogen) atoms. The van der Waals surface area contributed by atoms with Gasteiger partial charge in [-0.3, -0.25) is 0 Å². The molecule has 0 aromatic rings. The van der Waals surface area contributed by atoms with E-state index in [0.717, 1.165) is 0 Å². The first kappa shape index (κ1) is 12.0. The Bertz CT molecular complexity index is 144. The van der Waals surface area contributed by atoms with Gasteiger partial charge in [0.15, 0.2) is 5.60 Å². The van der Waals surface area contributed by atoms with Crippen LogP contribution in [0.5, 0.6) is 0 Å². The first-order valence-corrected chi connectivity index (χ1v) is 3.45. The maximum absolute atomic E-state index is 12.0. The number of hydrogen-bond acceptors (Lipinski definition) is 2. The molecular weight excluding hydrogens is 195 g/mol. The van der Waals surface area contributed by atoms with Gasteiger partial charge in [-0.1, -0.05) is 0 Å². The third-order valence-corrected chi connectivity index (χ3v) is 1.89. The van der Waals surface area contributed by atoms with Gasteiger partial charge in [0.2, 0.25) is 0 Å². The Labute approximate surface area is 74.6 Å². The van der Waals surface area contributed by atoms with Gasteiger partial charge in [0.25, 0.3) is 0 Å². The van der Waals surface area contributed by atoms with Crippen LogP contribution in [0.1, 0.15) is 12.8 Å². The molecule has 2 N–H and O–H groups in total. The highest BCUT2D eigenvalue weighted by Crippen LogP contribution is 2.34. The molecule has 0 unspecified atom stereocenters. The van der Waals surface area contributed by atoms with Crippen molar-refractivity contribution in [3.8, 4) is 0 Å². The Morgan fingerprint density at radius 1 is 1.33 bits per heavy atom. The molecule has 2 nitrogen and oxygen atoms in total. The fourth-order valence-corrected chi connectivity index (χ4v) is 1.13. The molecule has 1 fully saturated rings. The summed E-state index contributed by atoms with van der Waals surface area (Å²) < 4.78 is 36.1. The number of piperidine rings is 1. The Morgan fingerprint density at radius 3 is 2.17 bits per heavy atom. The van der Waals surface area contributed by atoms with E-state index in [1.165, 1.54) is 0 Å². The minimum atomic E-state index is -4.50. The van der Waals surface area contributed by atoms with E-state index in [-0.39, 0.29) is 25.4 Å². The summed E-state index contributed by atoms with van der Waals surface area (Å²) in [6, 6.07) is 0. The Kier molecular flexibility index (Phi) is 3.81. The minimum Gasteiger partial charge on any atom is -0.379 e. The van der Waals surface area contributed by atoms with E-state index in [4.69, 9.17) is 5.11 Å². The predicted octanol–water partition coefficient (Wildman–Crippen LogP) is 1.08. The molecule has 1 aliphatic heterocycles. The summed E-state index contributed by atoms with van der Waals surface area (Å²) in [6.07, 6.45) is -4.32. The summed E-state index contributed by atoms with van der Waals surface area (Å²) in [5, 5.41) is 11.5. The Balaban J connectivity index is 0.00000121. The lowest BCUT2D eigenvalue weighted by Crippen LogP contribution is -2.55. The van der Waals surface area contributed by atoms with E-state index in [2.05, 4.69) is 5.32 Å². The van der Waals surface area contributed by atoms with Crippen LogP contribution in [0.3, 0.4) is 0 Å². The van der Waals surface area contributed by atoms with Gasteiger partial charge < -0.3 is 10.4 Å². The number of nitrogens with one attached hydrogen (secondary N) is 1. The summed E-state index contributed by atoms with van der Waals surface area (Å²) in [5.41, 5.74) is -2.49. The fraction of sp³-hybridized carbons (Fsp3) is 1.00. The zero-order chi connectivity index (χ0) is 8.54. The van der Waals surface area contributed by atoms with Crippen molar-refractivity contribution in [1.29, 1.82) is 0 Å². The van der Waals surface area contributed by atoms with Gasteiger partial charge in [-0.2, -0.15) is 13.2 Å². The molecule has 0 spiro atoms. The lowest BCUT2D eigenvalue weighted by Gasteiger charge is -2.34. The molecule has 0 bridgehead atoms. The van der Waals surface area contributed by atoms with Crippen molar-refractivity contribution in [3.05, 3.63) is 0 Å². The largest absolute Gasteiger partial charge is 0.418 e. The monoisotopic (exact) mass is 205 g/mol. The smallest absolute Gasteiger partial charge is 0.379 e. The molecule has 1 atom stereocenters. The van der Waals surface area contributed by atoms with E-state index in [1.807, 2.05) is 0 Å². The lowest BCUT2D eigenvalue weighted by molar-refractivity contribution is -0.264. The number of aliphatic hydroxyl groups is 1. The summed E-state index contributed by atoms with van der Waals surface area (Å²) in [7, 11) is 0. The van der Waals surface area contributed by atoms with E-state index in [1.54, 1.807) is 0 Å². The van der Waals surface area contributed by atoms with Crippen LogP contribution in [0, 0.1) is 0 Å². The zero-order valence-electron chi connectivity index (χ0n) is 6.32. The van der Waals surface area contributed by atoms with Crippen molar-refractivity contribution in [3.63, 3.8) is 0 Å². The second-order valence-corrected chi connectivity index (χ2v) is 2.81. The maximum Gasteiger partial charge on any atom is 0.418 e. The zero-order valence-corrected chi connectivity index (χ0v) is 7.13. The second kappa shape index (κ2) is 3.81. The molecule has 6 heteroatoms. The number of rotatable bonds is 0. The minimum absolute atomic E-state index is 0. The van der Waals surface area contributed by atoms with Crippen LogP contribution >= 0.6 is 12.4 Å². The van der Waals surface area contributed by atoms with Crippen LogP contribution in [-0.4, -0.2) is 30.0 Å². The normalized spacial score (nSPS) is 31.0. The molecule has 0 aromatic heterocycles. The Morgan fingerprint density at radius 2 is 1.92 bits per heavy atom. The van der Waals surface area contributed by atoms with Crippen LogP contribution < -0.4 is 5.32 Å². The quantitative estimate of drug-likeness (QED) is 0.621. The third kappa shape index (κ3) is 2.24. The van der Waals surface area contributed by atoms with E-state index < -0.39 is 11.8 Å². The molecule has 1 rings (SSSR count). The van der Waals surface area contributed by atoms with Gasteiger partial charge >= 0.3 is 6.18 Å². The number of hydrogen-bond donors (Lipinski definition) is 2. The average Bonchev–Trinajstić information content (AvgIpc) is 1.87.